The molecule has 2 aromatic carbocycles. The first-order valence-electron chi connectivity index (χ1n) is 9.77. The van der Waals surface area contributed by atoms with Crippen LogP contribution in [-0.4, -0.2) is 48.6 Å². The molecule has 1 N–H and O–H groups in total. The summed E-state index contributed by atoms with van der Waals surface area (Å²) in [6.07, 6.45) is 3.88. The van der Waals surface area contributed by atoms with Gasteiger partial charge in [-0.2, -0.15) is 5.10 Å². The first-order valence-corrected chi connectivity index (χ1v) is 9.77. The minimum absolute atomic E-state index is 0.114. The van der Waals surface area contributed by atoms with Crippen molar-refractivity contribution in [3.8, 4) is 23.0 Å². The van der Waals surface area contributed by atoms with Crippen molar-refractivity contribution in [3.05, 3.63) is 54.6 Å². The first-order chi connectivity index (χ1) is 15.1. The van der Waals surface area contributed by atoms with Gasteiger partial charge >= 0.3 is 0 Å². The molecule has 1 aromatic heterocycles. The van der Waals surface area contributed by atoms with Gasteiger partial charge in [-0.15, -0.1) is 0 Å². The topological polar surface area (TPSA) is 96.7 Å². The summed E-state index contributed by atoms with van der Waals surface area (Å²) < 4.78 is 23.6. The minimum Gasteiger partial charge on any atom is -0.493 e. The number of rotatable bonds is 11. The molecule has 0 fully saturated rings. The number of benzene rings is 2. The third kappa shape index (κ3) is 5.88. The molecule has 9 nitrogen and oxygen atoms in total. The Hall–Kier alpha value is -3.75. The molecule has 164 valence electrons. The molecule has 1 amide bonds. The molecule has 9 heteroatoms. The van der Waals surface area contributed by atoms with E-state index in [1.54, 1.807) is 44.5 Å². The maximum Gasteiger partial charge on any atom is 0.224 e. The number of ether oxygens (including phenoxy) is 4. The third-order valence-corrected chi connectivity index (χ3v) is 4.58. The number of amides is 1. The van der Waals surface area contributed by atoms with Crippen molar-refractivity contribution in [2.45, 2.75) is 19.4 Å². The van der Waals surface area contributed by atoms with Crippen LogP contribution in [0.3, 0.4) is 0 Å². The van der Waals surface area contributed by atoms with Crippen LogP contribution in [0.25, 0.3) is 0 Å². The lowest BCUT2D eigenvalue weighted by atomic mass is 10.1. The van der Waals surface area contributed by atoms with Crippen LogP contribution in [0.15, 0.2) is 49.1 Å². The number of carbonyl (C=O) groups is 1. The van der Waals surface area contributed by atoms with E-state index >= 15 is 0 Å². The Morgan fingerprint density at radius 3 is 2.61 bits per heavy atom. The fraction of sp³-hybridized carbons (Fsp3) is 0.318. The SMILES string of the molecule is COc1ccc(CCC(=O)Nc2cccc(OCCn3cncn3)c2)c(OC)c1OC. The molecular weight excluding hydrogens is 400 g/mol. The fourth-order valence-electron chi connectivity index (χ4n) is 3.10. The van der Waals surface area contributed by atoms with E-state index in [0.717, 1.165) is 5.56 Å². The number of methoxy groups -OCH3 is 3. The molecule has 3 rings (SSSR count). The molecule has 0 spiro atoms. The largest absolute Gasteiger partial charge is 0.493 e. The molecule has 0 saturated carbocycles. The van der Waals surface area contributed by atoms with Gasteiger partial charge in [-0.05, 0) is 30.2 Å². The second kappa shape index (κ2) is 10.9. The van der Waals surface area contributed by atoms with Crippen molar-refractivity contribution in [3.63, 3.8) is 0 Å². The summed E-state index contributed by atoms with van der Waals surface area (Å²) in [5.41, 5.74) is 1.53. The number of aryl methyl sites for hydroxylation is 1. The highest BCUT2D eigenvalue weighted by Crippen LogP contribution is 2.40. The summed E-state index contributed by atoms with van der Waals surface area (Å²) in [5, 5.41) is 6.93. The fourth-order valence-corrected chi connectivity index (χ4v) is 3.10. The summed E-state index contributed by atoms with van der Waals surface area (Å²) in [5.74, 6) is 2.21. The van der Waals surface area contributed by atoms with E-state index in [1.165, 1.54) is 6.33 Å². The standard InChI is InChI=1S/C22H26N4O5/c1-28-19-9-7-16(21(29-2)22(19)30-3)8-10-20(27)25-17-5-4-6-18(13-17)31-12-11-26-15-23-14-24-26/h4-7,9,13-15H,8,10-12H2,1-3H3,(H,25,27). The molecule has 0 bridgehead atoms. The second-order valence-electron chi connectivity index (χ2n) is 6.58. The van der Waals surface area contributed by atoms with Gasteiger partial charge in [0, 0.05) is 18.2 Å². The molecule has 0 aliphatic rings. The number of aromatic nitrogens is 3. The highest BCUT2D eigenvalue weighted by atomic mass is 16.5. The highest BCUT2D eigenvalue weighted by Gasteiger charge is 2.16. The molecule has 1 heterocycles. The van der Waals surface area contributed by atoms with Crippen LogP contribution in [-0.2, 0) is 17.8 Å². The van der Waals surface area contributed by atoms with Gasteiger partial charge in [0.05, 0.1) is 27.9 Å². The highest BCUT2D eigenvalue weighted by molar-refractivity contribution is 5.91. The summed E-state index contributed by atoms with van der Waals surface area (Å²) in [4.78, 5) is 16.4. The van der Waals surface area contributed by atoms with Crippen molar-refractivity contribution in [2.24, 2.45) is 0 Å². The van der Waals surface area contributed by atoms with Crippen LogP contribution in [0.5, 0.6) is 23.0 Å². The molecule has 0 aliphatic heterocycles. The van der Waals surface area contributed by atoms with Crippen LogP contribution in [0.1, 0.15) is 12.0 Å². The van der Waals surface area contributed by atoms with Crippen molar-refractivity contribution in [1.29, 1.82) is 0 Å². The van der Waals surface area contributed by atoms with Gasteiger partial charge in [0.25, 0.3) is 0 Å². The van der Waals surface area contributed by atoms with Gasteiger partial charge in [0.2, 0.25) is 11.7 Å². The normalized spacial score (nSPS) is 10.4. The minimum atomic E-state index is -0.114. The summed E-state index contributed by atoms with van der Waals surface area (Å²) >= 11 is 0. The number of anilines is 1. The predicted octanol–water partition coefficient (Wildman–Crippen LogP) is 2.95. The van der Waals surface area contributed by atoms with E-state index in [-0.39, 0.29) is 12.3 Å². The van der Waals surface area contributed by atoms with E-state index in [2.05, 4.69) is 15.4 Å². The van der Waals surface area contributed by atoms with Gasteiger partial charge in [-0.1, -0.05) is 12.1 Å². The Kier molecular flexibility index (Phi) is 7.69. The maximum atomic E-state index is 12.5. The molecule has 0 aliphatic carbocycles. The van der Waals surface area contributed by atoms with Crippen LogP contribution in [0, 0.1) is 0 Å². The molecule has 3 aromatic rings. The number of hydrogen-bond donors (Lipinski definition) is 1. The van der Waals surface area contributed by atoms with Crippen molar-refractivity contribution in [1.82, 2.24) is 14.8 Å². The van der Waals surface area contributed by atoms with Crippen molar-refractivity contribution in [2.75, 3.05) is 33.3 Å². The van der Waals surface area contributed by atoms with E-state index in [4.69, 9.17) is 18.9 Å². The zero-order valence-corrected chi connectivity index (χ0v) is 17.8. The van der Waals surface area contributed by atoms with E-state index in [0.29, 0.717) is 48.3 Å². The van der Waals surface area contributed by atoms with Gasteiger partial charge in [0.1, 0.15) is 25.0 Å². The Morgan fingerprint density at radius 2 is 1.90 bits per heavy atom. The molecule has 0 unspecified atom stereocenters. The summed E-state index contributed by atoms with van der Waals surface area (Å²) in [7, 11) is 4.68. The van der Waals surface area contributed by atoms with Gasteiger partial charge in [-0.3, -0.25) is 4.79 Å². The zero-order chi connectivity index (χ0) is 22.1. The molecule has 0 saturated heterocycles. The van der Waals surface area contributed by atoms with E-state index in [1.807, 2.05) is 24.3 Å². The van der Waals surface area contributed by atoms with Crippen LogP contribution >= 0.6 is 0 Å². The number of nitrogens with one attached hydrogen (secondary N) is 1. The van der Waals surface area contributed by atoms with Gasteiger partial charge in [0.15, 0.2) is 11.5 Å². The second-order valence-corrected chi connectivity index (χ2v) is 6.58. The lowest BCUT2D eigenvalue weighted by Gasteiger charge is -2.15. The lowest BCUT2D eigenvalue weighted by Crippen LogP contribution is -2.13. The van der Waals surface area contributed by atoms with Gasteiger partial charge in [-0.25, -0.2) is 9.67 Å². The summed E-state index contributed by atoms with van der Waals surface area (Å²) in [6.45, 7) is 1.03. The van der Waals surface area contributed by atoms with E-state index in [9.17, 15) is 4.79 Å². The quantitative estimate of drug-likeness (QED) is 0.503. The third-order valence-electron chi connectivity index (χ3n) is 4.58. The number of hydrogen-bond acceptors (Lipinski definition) is 7. The Balaban J connectivity index is 1.55. The number of nitrogens with zero attached hydrogens (tertiary/aromatic N) is 3. The zero-order valence-electron chi connectivity index (χ0n) is 17.8. The number of carbonyl (C=O) groups excluding carboxylic acids is 1. The van der Waals surface area contributed by atoms with Gasteiger partial charge < -0.3 is 24.3 Å². The molecule has 31 heavy (non-hydrogen) atoms. The van der Waals surface area contributed by atoms with E-state index < -0.39 is 0 Å². The van der Waals surface area contributed by atoms with Crippen molar-refractivity contribution < 1.29 is 23.7 Å². The Morgan fingerprint density at radius 1 is 1.06 bits per heavy atom. The maximum absolute atomic E-state index is 12.5. The van der Waals surface area contributed by atoms with Crippen LogP contribution in [0.4, 0.5) is 5.69 Å². The molecular formula is C22H26N4O5. The van der Waals surface area contributed by atoms with Crippen LogP contribution < -0.4 is 24.3 Å². The predicted molar refractivity (Wildman–Crippen MR) is 115 cm³/mol. The molecule has 0 atom stereocenters. The average molecular weight is 426 g/mol. The summed E-state index contributed by atoms with van der Waals surface area (Å²) in [6, 6.07) is 10.9. The van der Waals surface area contributed by atoms with Crippen LogP contribution in [0.2, 0.25) is 0 Å². The lowest BCUT2D eigenvalue weighted by molar-refractivity contribution is -0.116. The average Bonchev–Trinajstić information content (AvgIpc) is 3.30. The first kappa shape index (κ1) is 21.9. The van der Waals surface area contributed by atoms with Crippen molar-refractivity contribution >= 4 is 11.6 Å². The Labute approximate surface area is 180 Å². The molecule has 0 radical (unpaired) electrons. The monoisotopic (exact) mass is 426 g/mol. The smallest absolute Gasteiger partial charge is 0.224 e. The Bertz CT molecular complexity index is 992.